The molecule has 1 heterocycles. The van der Waals surface area contributed by atoms with E-state index in [1.54, 1.807) is 48.5 Å². The van der Waals surface area contributed by atoms with Crippen LogP contribution in [0.25, 0.3) is 11.1 Å². The number of carbonyl (C=O) groups excluding carboxylic acids is 4. The fourth-order valence-electron chi connectivity index (χ4n) is 2.35. The van der Waals surface area contributed by atoms with Crippen molar-refractivity contribution in [2.75, 3.05) is 0 Å². The topological polar surface area (TPSA) is 80.8 Å². The Hall–Kier alpha value is -3.28. The molecule has 1 aliphatic rings. The molecule has 24 heavy (non-hydrogen) atoms. The Morgan fingerprint density at radius 2 is 1.38 bits per heavy atom. The minimum atomic E-state index is -0.763. The van der Waals surface area contributed by atoms with Crippen LogP contribution in [0.5, 0.6) is 0 Å². The van der Waals surface area contributed by atoms with E-state index in [4.69, 9.17) is 4.84 Å². The van der Waals surface area contributed by atoms with Crippen LogP contribution in [0.1, 0.15) is 33.6 Å². The van der Waals surface area contributed by atoms with Crippen molar-refractivity contribution < 1.29 is 24.0 Å². The maximum absolute atomic E-state index is 12.0. The van der Waals surface area contributed by atoms with E-state index >= 15 is 0 Å². The minimum absolute atomic E-state index is 0.0574. The number of hydrogen-bond donors (Lipinski definition) is 0. The molecule has 1 saturated heterocycles. The van der Waals surface area contributed by atoms with Gasteiger partial charge in [0.05, 0.1) is 5.56 Å². The third kappa shape index (κ3) is 3.08. The van der Waals surface area contributed by atoms with Crippen molar-refractivity contribution in [3.8, 4) is 11.1 Å². The summed E-state index contributed by atoms with van der Waals surface area (Å²) < 4.78 is 0. The van der Waals surface area contributed by atoms with E-state index in [1.807, 2.05) is 0 Å². The van der Waals surface area contributed by atoms with Gasteiger partial charge in [-0.15, -0.1) is 5.06 Å². The summed E-state index contributed by atoms with van der Waals surface area (Å²) in [5, 5.41) is 0.522. The molecule has 3 rings (SSSR count). The molecule has 120 valence electrons. The van der Waals surface area contributed by atoms with Crippen LogP contribution in [0, 0.1) is 0 Å². The number of imide groups is 1. The number of hydrogen-bond acceptors (Lipinski definition) is 5. The van der Waals surface area contributed by atoms with Crippen molar-refractivity contribution in [3.63, 3.8) is 0 Å². The second-order valence-electron chi connectivity index (χ2n) is 5.28. The largest absolute Gasteiger partial charge is 0.363 e. The first-order valence-electron chi connectivity index (χ1n) is 7.32. The summed E-state index contributed by atoms with van der Waals surface area (Å²) in [6, 6.07) is 13.6. The molecule has 1 fully saturated rings. The summed E-state index contributed by atoms with van der Waals surface area (Å²) in [6.45, 7) is 0. The fraction of sp³-hybridized carbons (Fsp3) is 0.111. The van der Waals surface area contributed by atoms with Crippen molar-refractivity contribution in [2.45, 2.75) is 12.8 Å². The summed E-state index contributed by atoms with van der Waals surface area (Å²) in [4.78, 5) is 50.4. The first-order chi connectivity index (χ1) is 11.6. The van der Waals surface area contributed by atoms with Crippen LogP contribution < -0.4 is 0 Å². The number of hydroxylamine groups is 2. The van der Waals surface area contributed by atoms with Gasteiger partial charge in [-0.2, -0.15) is 0 Å². The predicted octanol–water partition coefficient (Wildman–Crippen LogP) is 2.39. The number of benzene rings is 2. The highest BCUT2D eigenvalue weighted by atomic mass is 16.7. The van der Waals surface area contributed by atoms with Crippen molar-refractivity contribution in [3.05, 3.63) is 59.7 Å². The summed E-state index contributed by atoms with van der Waals surface area (Å²) >= 11 is 0. The zero-order valence-electron chi connectivity index (χ0n) is 12.6. The van der Waals surface area contributed by atoms with E-state index < -0.39 is 17.8 Å². The molecule has 2 aromatic rings. The monoisotopic (exact) mass is 323 g/mol. The van der Waals surface area contributed by atoms with Crippen LogP contribution in [-0.2, 0) is 14.4 Å². The van der Waals surface area contributed by atoms with Crippen molar-refractivity contribution in [2.24, 2.45) is 0 Å². The highest BCUT2D eigenvalue weighted by molar-refractivity contribution is 6.02. The van der Waals surface area contributed by atoms with Gasteiger partial charge in [0, 0.05) is 18.4 Å². The van der Waals surface area contributed by atoms with Gasteiger partial charge < -0.3 is 4.84 Å². The van der Waals surface area contributed by atoms with Gasteiger partial charge >= 0.3 is 5.97 Å². The Kier molecular flexibility index (Phi) is 4.20. The number of aldehydes is 1. The third-order valence-electron chi connectivity index (χ3n) is 3.68. The first-order valence-corrected chi connectivity index (χ1v) is 7.32. The van der Waals surface area contributed by atoms with Crippen LogP contribution in [0.3, 0.4) is 0 Å². The highest BCUT2D eigenvalue weighted by Gasteiger charge is 2.33. The van der Waals surface area contributed by atoms with Crippen molar-refractivity contribution in [1.29, 1.82) is 0 Å². The van der Waals surface area contributed by atoms with Gasteiger partial charge in [0.25, 0.3) is 11.8 Å². The molecule has 6 heteroatoms. The van der Waals surface area contributed by atoms with Gasteiger partial charge in [0.1, 0.15) is 6.29 Å². The van der Waals surface area contributed by atoms with Crippen LogP contribution in [0.4, 0.5) is 0 Å². The average Bonchev–Trinajstić information content (AvgIpc) is 2.94. The molecule has 0 atom stereocenters. The maximum atomic E-state index is 12.0. The second kappa shape index (κ2) is 6.45. The summed E-state index contributed by atoms with van der Waals surface area (Å²) in [5.41, 5.74) is 2.57. The van der Waals surface area contributed by atoms with E-state index in [9.17, 15) is 19.2 Å². The zero-order chi connectivity index (χ0) is 17.1. The lowest BCUT2D eigenvalue weighted by atomic mass is 10.0. The molecule has 0 aromatic heterocycles. The number of amides is 2. The van der Waals surface area contributed by atoms with E-state index in [2.05, 4.69) is 0 Å². The Labute approximate surface area is 137 Å². The first kappa shape index (κ1) is 15.6. The standard InChI is InChI=1S/C18H13NO5/c20-11-12-1-3-13(4-2-12)14-5-7-15(8-6-14)18(23)24-19-16(21)9-10-17(19)22/h1-8,11H,9-10H2. The SMILES string of the molecule is O=Cc1ccc(-c2ccc(C(=O)ON3C(=O)CCC3=O)cc2)cc1. The molecule has 2 amide bonds. The third-order valence-corrected chi connectivity index (χ3v) is 3.68. The second-order valence-corrected chi connectivity index (χ2v) is 5.28. The number of rotatable bonds is 4. The van der Waals surface area contributed by atoms with E-state index in [0.717, 1.165) is 17.4 Å². The molecule has 0 bridgehead atoms. The molecule has 1 aliphatic heterocycles. The Bertz CT molecular complexity index is 792. The van der Waals surface area contributed by atoms with E-state index in [-0.39, 0.29) is 18.4 Å². The number of carbonyl (C=O) groups is 4. The molecule has 0 saturated carbocycles. The summed E-state index contributed by atoms with van der Waals surface area (Å²) in [7, 11) is 0. The quantitative estimate of drug-likeness (QED) is 0.637. The fourth-order valence-corrected chi connectivity index (χ4v) is 2.35. The summed E-state index contributed by atoms with van der Waals surface area (Å²) in [5.74, 6) is -1.79. The molecular formula is C18H13NO5. The lowest BCUT2D eigenvalue weighted by molar-refractivity contribution is -0.172. The van der Waals surface area contributed by atoms with Crippen LogP contribution >= 0.6 is 0 Å². The Morgan fingerprint density at radius 1 is 0.875 bits per heavy atom. The minimum Gasteiger partial charge on any atom is -0.325 e. The predicted molar refractivity (Wildman–Crippen MR) is 83.8 cm³/mol. The highest BCUT2D eigenvalue weighted by Crippen LogP contribution is 2.21. The van der Waals surface area contributed by atoms with Crippen molar-refractivity contribution in [1.82, 2.24) is 5.06 Å². The van der Waals surface area contributed by atoms with Crippen LogP contribution in [0.2, 0.25) is 0 Å². The van der Waals surface area contributed by atoms with Gasteiger partial charge in [0.2, 0.25) is 0 Å². The van der Waals surface area contributed by atoms with Gasteiger partial charge in [0.15, 0.2) is 0 Å². The molecule has 0 radical (unpaired) electrons. The van der Waals surface area contributed by atoms with E-state index in [1.165, 1.54) is 0 Å². The molecule has 2 aromatic carbocycles. The zero-order valence-corrected chi connectivity index (χ0v) is 12.6. The number of nitrogens with zero attached hydrogens (tertiary/aromatic N) is 1. The normalized spacial score (nSPS) is 13.9. The van der Waals surface area contributed by atoms with E-state index in [0.29, 0.717) is 10.6 Å². The van der Waals surface area contributed by atoms with Gasteiger partial charge in [-0.05, 0) is 23.3 Å². The Morgan fingerprint density at radius 3 is 1.88 bits per heavy atom. The van der Waals surface area contributed by atoms with Gasteiger partial charge in [-0.3, -0.25) is 14.4 Å². The van der Waals surface area contributed by atoms with Gasteiger partial charge in [-0.25, -0.2) is 4.79 Å². The lowest BCUT2D eigenvalue weighted by Gasteiger charge is -2.12. The van der Waals surface area contributed by atoms with Gasteiger partial charge in [-0.1, -0.05) is 36.4 Å². The molecule has 0 N–H and O–H groups in total. The average molecular weight is 323 g/mol. The van der Waals surface area contributed by atoms with Crippen LogP contribution in [-0.4, -0.2) is 29.1 Å². The molecule has 0 aliphatic carbocycles. The molecule has 6 nitrogen and oxygen atoms in total. The summed E-state index contributed by atoms with van der Waals surface area (Å²) in [6.07, 6.45) is 0.882. The molecule has 0 unspecified atom stereocenters. The molecular weight excluding hydrogens is 310 g/mol. The maximum Gasteiger partial charge on any atom is 0.363 e. The smallest absolute Gasteiger partial charge is 0.325 e. The van der Waals surface area contributed by atoms with Crippen LogP contribution in [0.15, 0.2) is 48.5 Å². The van der Waals surface area contributed by atoms with Crippen molar-refractivity contribution >= 4 is 24.1 Å². The molecule has 0 spiro atoms. The lowest BCUT2D eigenvalue weighted by Crippen LogP contribution is -2.32. The Balaban J connectivity index is 1.73.